The van der Waals surface area contributed by atoms with Gasteiger partial charge in [-0.05, 0) is 73.4 Å². The van der Waals surface area contributed by atoms with Gasteiger partial charge in [-0.25, -0.2) is 0 Å². The number of hydrogen-bond donors (Lipinski definition) is 1. The monoisotopic (exact) mass is 576 g/mol. The highest BCUT2D eigenvalue weighted by molar-refractivity contribution is 8.26. The van der Waals surface area contributed by atoms with Crippen LogP contribution in [0.5, 0.6) is 23.0 Å². The molecule has 2 heterocycles. The summed E-state index contributed by atoms with van der Waals surface area (Å²) < 4.78 is 22.5. The molecule has 0 aromatic heterocycles. The molecule has 2 aliphatic heterocycles. The van der Waals surface area contributed by atoms with Crippen LogP contribution in [-0.2, 0) is 16.1 Å². The van der Waals surface area contributed by atoms with Crippen molar-refractivity contribution in [2.24, 2.45) is 0 Å². The van der Waals surface area contributed by atoms with Gasteiger partial charge in [0.15, 0.2) is 29.6 Å². The lowest BCUT2D eigenvalue weighted by atomic mass is 10.1. The predicted molar refractivity (Wildman–Crippen MR) is 159 cm³/mol. The molecule has 1 N–H and O–H groups in total. The van der Waals surface area contributed by atoms with Crippen LogP contribution in [0.2, 0.25) is 0 Å². The van der Waals surface area contributed by atoms with Crippen molar-refractivity contribution in [1.82, 2.24) is 4.90 Å². The molecule has 0 bridgehead atoms. The zero-order chi connectivity index (χ0) is 28.4. The van der Waals surface area contributed by atoms with Crippen LogP contribution in [0, 0.1) is 20.8 Å². The van der Waals surface area contributed by atoms with E-state index in [-0.39, 0.29) is 25.2 Å². The quantitative estimate of drug-likeness (QED) is 0.267. The molecule has 206 valence electrons. The van der Waals surface area contributed by atoms with E-state index < -0.39 is 0 Å². The molecule has 0 spiro atoms. The molecule has 3 aromatic carbocycles. The lowest BCUT2D eigenvalue weighted by molar-refractivity contribution is -0.122. The third-order valence-corrected chi connectivity index (χ3v) is 7.81. The second-order valence-corrected chi connectivity index (χ2v) is 11.2. The molecular weight excluding hydrogens is 548 g/mol. The Bertz CT molecular complexity index is 1530. The smallest absolute Gasteiger partial charge is 0.266 e. The number of carbonyl (C=O) groups excluding carboxylic acids is 2. The molecule has 10 heteroatoms. The first-order chi connectivity index (χ1) is 19.2. The maximum Gasteiger partial charge on any atom is 0.266 e. The number of carbonyl (C=O) groups is 2. The van der Waals surface area contributed by atoms with E-state index in [9.17, 15) is 9.59 Å². The molecule has 1 saturated heterocycles. The number of hydrogen-bond acceptors (Lipinski definition) is 8. The van der Waals surface area contributed by atoms with E-state index in [1.54, 1.807) is 29.2 Å². The van der Waals surface area contributed by atoms with Crippen LogP contribution in [0.25, 0.3) is 6.08 Å². The number of nitrogens with zero attached hydrogens (tertiary/aromatic N) is 1. The highest BCUT2D eigenvalue weighted by atomic mass is 32.2. The van der Waals surface area contributed by atoms with Gasteiger partial charge in [-0.2, -0.15) is 0 Å². The Kier molecular flexibility index (Phi) is 7.99. The van der Waals surface area contributed by atoms with Crippen molar-refractivity contribution < 1.29 is 28.5 Å². The fraction of sp³-hybridized carbons (Fsp3) is 0.233. The first-order valence-electron chi connectivity index (χ1n) is 12.5. The number of methoxy groups -OCH3 is 1. The van der Waals surface area contributed by atoms with E-state index >= 15 is 0 Å². The fourth-order valence-electron chi connectivity index (χ4n) is 4.60. The molecule has 0 aliphatic carbocycles. The van der Waals surface area contributed by atoms with Gasteiger partial charge in [0.05, 0.1) is 18.6 Å². The van der Waals surface area contributed by atoms with Crippen LogP contribution >= 0.6 is 24.0 Å². The Morgan fingerprint density at radius 3 is 2.55 bits per heavy atom. The summed E-state index contributed by atoms with van der Waals surface area (Å²) in [5.74, 6) is 1.76. The third kappa shape index (κ3) is 5.93. The molecule has 0 unspecified atom stereocenters. The average molecular weight is 577 g/mol. The minimum absolute atomic E-state index is 0.176. The summed E-state index contributed by atoms with van der Waals surface area (Å²) in [4.78, 5) is 27.8. The number of nitrogens with one attached hydrogen (secondary N) is 1. The van der Waals surface area contributed by atoms with Crippen LogP contribution in [0.3, 0.4) is 0 Å². The summed E-state index contributed by atoms with van der Waals surface area (Å²) >= 11 is 6.74. The van der Waals surface area contributed by atoms with Crippen molar-refractivity contribution in [3.05, 3.63) is 81.3 Å². The van der Waals surface area contributed by atoms with Gasteiger partial charge in [-0.1, -0.05) is 53.8 Å². The highest BCUT2D eigenvalue weighted by Gasteiger charge is 2.32. The Balaban J connectivity index is 1.24. The minimum atomic E-state index is -0.271. The van der Waals surface area contributed by atoms with E-state index in [0.29, 0.717) is 38.8 Å². The summed E-state index contributed by atoms with van der Waals surface area (Å²) in [7, 11) is 1.52. The topological polar surface area (TPSA) is 86.3 Å². The zero-order valence-electron chi connectivity index (χ0n) is 22.5. The van der Waals surface area contributed by atoms with Crippen molar-refractivity contribution in [1.29, 1.82) is 0 Å². The van der Waals surface area contributed by atoms with E-state index in [2.05, 4.69) is 5.32 Å². The number of ether oxygens (including phenoxy) is 4. The van der Waals surface area contributed by atoms with Crippen molar-refractivity contribution >= 4 is 51.9 Å². The molecule has 0 radical (unpaired) electrons. The molecular formula is C30H28N2O6S2. The van der Waals surface area contributed by atoms with Gasteiger partial charge in [0.25, 0.3) is 11.8 Å². The molecule has 2 aliphatic rings. The fourth-order valence-corrected chi connectivity index (χ4v) is 5.85. The molecule has 40 heavy (non-hydrogen) atoms. The first kappa shape index (κ1) is 27.5. The number of rotatable bonds is 8. The first-order valence-corrected chi connectivity index (χ1v) is 13.8. The number of thiocarbonyl (C=S) groups is 1. The molecule has 1 fully saturated rings. The Hall–Kier alpha value is -4.02. The van der Waals surface area contributed by atoms with Crippen molar-refractivity contribution in [3.63, 3.8) is 0 Å². The van der Waals surface area contributed by atoms with Crippen LogP contribution in [0.1, 0.15) is 27.8 Å². The maximum atomic E-state index is 13.2. The summed E-state index contributed by atoms with van der Waals surface area (Å²) in [6.07, 6.45) is 1.76. The van der Waals surface area contributed by atoms with E-state index in [4.69, 9.17) is 31.2 Å². The molecule has 3 aromatic rings. The largest absolute Gasteiger partial charge is 0.493 e. The van der Waals surface area contributed by atoms with Gasteiger partial charge in [-0.3, -0.25) is 14.5 Å². The number of thioether (sulfide) groups is 1. The number of benzene rings is 3. The lowest BCUT2D eigenvalue weighted by Gasteiger charge is -2.15. The van der Waals surface area contributed by atoms with Crippen molar-refractivity contribution in [2.75, 3.05) is 25.8 Å². The van der Waals surface area contributed by atoms with Crippen LogP contribution < -0.4 is 24.3 Å². The number of fused-ring (bicyclic) bond motifs is 1. The highest BCUT2D eigenvalue weighted by Crippen LogP contribution is 2.37. The van der Waals surface area contributed by atoms with E-state index in [0.717, 1.165) is 33.5 Å². The number of anilines is 1. The van der Waals surface area contributed by atoms with Crippen LogP contribution in [0.15, 0.2) is 53.4 Å². The summed E-state index contributed by atoms with van der Waals surface area (Å²) in [5.41, 5.74) is 5.55. The summed E-state index contributed by atoms with van der Waals surface area (Å²) in [5, 5.41) is 2.93. The number of aryl methyl sites for hydroxylation is 3. The van der Waals surface area contributed by atoms with Gasteiger partial charge in [-0.15, -0.1) is 0 Å². The number of amides is 2. The average Bonchev–Trinajstić information content (AvgIpc) is 3.49. The third-order valence-electron chi connectivity index (χ3n) is 6.44. The summed E-state index contributed by atoms with van der Waals surface area (Å²) in [6.45, 7) is 6.29. The Labute approximate surface area is 242 Å². The second-order valence-electron chi connectivity index (χ2n) is 9.48. The standard InChI is InChI=1S/C30H28N2O6S2/c1-17-9-18(2)28(19(3)10-17)31-27(33)15-36-22-7-5-20(11-24(22)35-4)13-26-29(34)32(30(39)40-26)14-21-6-8-23-25(12-21)38-16-37-23/h5-13H,14-16H2,1-4H3,(H,31,33)/b26-13-. The normalized spacial score (nSPS) is 15.1. The lowest BCUT2D eigenvalue weighted by Crippen LogP contribution is -2.27. The van der Waals surface area contributed by atoms with Gasteiger partial charge < -0.3 is 24.3 Å². The SMILES string of the molecule is COc1cc(/C=C2\SC(=S)N(Cc3ccc4c(c3)OCO4)C2=O)ccc1OCC(=O)Nc1c(C)cc(C)cc1C. The zero-order valence-corrected chi connectivity index (χ0v) is 24.2. The van der Waals surface area contributed by atoms with Gasteiger partial charge in [0.2, 0.25) is 6.79 Å². The minimum Gasteiger partial charge on any atom is -0.493 e. The van der Waals surface area contributed by atoms with Gasteiger partial charge >= 0.3 is 0 Å². The molecule has 0 saturated carbocycles. The molecule has 5 rings (SSSR count). The van der Waals surface area contributed by atoms with Crippen molar-refractivity contribution in [2.45, 2.75) is 27.3 Å². The molecule has 2 amide bonds. The van der Waals surface area contributed by atoms with E-state index in [1.807, 2.05) is 51.1 Å². The van der Waals surface area contributed by atoms with Gasteiger partial charge in [0.1, 0.15) is 4.32 Å². The van der Waals surface area contributed by atoms with Gasteiger partial charge in [0, 0.05) is 5.69 Å². The van der Waals surface area contributed by atoms with Crippen molar-refractivity contribution in [3.8, 4) is 23.0 Å². The molecule has 8 nitrogen and oxygen atoms in total. The molecule has 0 atom stereocenters. The van der Waals surface area contributed by atoms with Crippen LogP contribution in [-0.4, -0.2) is 41.5 Å². The summed E-state index contributed by atoms with van der Waals surface area (Å²) in [6, 6.07) is 14.9. The van der Waals surface area contributed by atoms with E-state index in [1.165, 1.54) is 18.9 Å². The Morgan fingerprint density at radius 2 is 1.80 bits per heavy atom. The Morgan fingerprint density at radius 1 is 1.05 bits per heavy atom. The second kappa shape index (κ2) is 11.6. The van der Waals surface area contributed by atoms with Crippen LogP contribution in [0.4, 0.5) is 5.69 Å². The predicted octanol–water partition coefficient (Wildman–Crippen LogP) is 5.77. The maximum absolute atomic E-state index is 13.2.